The van der Waals surface area contributed by atoms with Crippen LogP contribution in [0.25, 0.3) is 0 Å². The summed E-state index contributed by atoms with van der Waals surface area (Å²) in [5.41, 5.74) is 0. The van der Waals surface area contributed by atoms with Gasteiger partial charge in [-0.2, -0.15) is 16.8 Å². The van der Waals surface area contributed by atoms with Gasteiger partial charge in [0.15, 0.2) is 0 Å². The van der Waals surface area contributed by atoms with Crippen LogP contribution in [0.2, 0.25) is 0 Å². The maximum Gasteiger partial charge on any atom is 0.448 e. The minimum atomic E-state index is -4.15. The van der Waals surface area contributed by atoms with Crippen molar-refractivity contribution < 1.29 is 33.6 Å². The van der Waals surface area contributed by atoms with Gasteiger partial charge in [-0.05, 0) is 19.4 Å². The van der Waals surface area contributed by atoms with Gasteiger partial charge in [0.05, 0.1) is 18.3 Å². The lowest BCUT2D eigenvalue weighted by atomic mass is 9.84. The third kappa shape index (κ3) is 4.24. The molecule has 2 saturated heterocycles. The SMILES string of the molecule is C/C=C1\CC(C(C)C2OS(=O)(=O)OC(CC)C2C)OS(=O)(=O)O1. The maximum atomic E-state index is 11.8. The fourth-order valence-electron chi connectivity index (χ4n) is 2.92. The molecule has 2 heterocycles. The van der Waals surface area contributed by atoms with Gasteiger partial charge in [0.25, 0.3) is 0 Å². The van der Waals surface area contributed by atoms with Crippen molar-refractivity contribution in [2.45, 2.75) is 58.8 Å². The molecule has 0 aliphatic carbocycles. The Hall–Kier alpha value is -0.680. The highest BCUT2D eigenvalue weighted by Crippen LogP contribution is 2.37. The summed E-state index contributed by atoms with van der Waals surface area (Å²) in [6, 6.07) is 0. The van der Waals surface area contributed by atoms with Crippen molar-refractivity contribution in [3.8, 4) is 0 Å². The zero-order chi connectivity index (χ0) is 17.4. The van der Waals surface area contributed by atoms with Crippen molar-refractivity contribution >= 4 is 20.8 Å². The second-order valence-electron chi connectivity index (χ2n) is 5.82. The largest absolute Gasteiger partial charge is 0.448 e. The van der Waals surface area contributed by atoms with E-state index in [2.05, 4.69) is 0 Å². The minimum Gasteiger partial charge on any atom is -0.366 e. The Bertz CT molecular complexity index is 666. The summed E-state index contributed by atoms with van der Waals surface area (Å²) in [6.07, 6.45) is 0.244. The summed E-state index contributed by atoms with van der Waals surface area (Å²) >= 11 is 0. The van der Waals surface area contributed by atoms with Gasteiger partial charge in [-0.1, -0.05) is 20.8 Å². The van der Waals surface area contributed by atoms with Crippen LogP contribution in [0.3, 0.4) is 0 Å². The zero-order valence-electron chi connectivity index (χ0n) is 13.5. The molecule has 8 nitrogen and oxygen atoms in total. The summed E-state index contributed by atoms with van der Waals surface area (Å²) in [7, 11) is -8.26. The van der Waals surface area contributed by atoms with E-state index in [9.17, 15) is 16.8 Å². The van der Waals surface area contributed by atoms with Crippen molar-refractivity contribution in [1.82, 2.24) is 0 Å². The first-order valence-corrected chi connectivity index (χ1v) is 10.1. The van der Waals surface area contributed by atoms with Gasteiger partial charge in [0.1, 0.15) is 5.76 Å². The average molecular weight is 370 g/mol. The highest BCUT2D eigenvalue weighted by Gasteiger charge is 2.46. The zero-order valence-corrected chi connectivity index (χ0v) is 15.1. The molecule has 0 aromatic heterocycles. The average Bonchev–Trinajstić information content (AvgIpc) is 2.46. The van der Waals surface area contributed by atoms with Crippen molar-refractivity contribution in [3.63, 3.8) is 0 Å². The van der Waals surface area contributed by atoms with Crippen molar-refractivity contribution in [3.05, 3.63) is 11.8 Å². The predicted molar refractivity (Wildman–Crippen MR) is 80.5 cm³/mol. The van der Waals surface area contributed by atoms with Crippen LogP contribution in [0.4, 0.5) is 0 Å². The van der Waals surface area contributed by atoms with Gasteiger partial charge in [0, 0.05) is 18.3 Å². The molecule has 2 aliphatic heterocycles. The molecule has 5 unspecified atom stereocenters. The van der Waals surface area contributed by atoms with E-state index in [0.29, 0.717) is 6.42 Å². The number of hydrogen-bond acceptors (Lipinski definition) is 8. The smallest absolute Gasteiger partial charge is 0.366 e. The minimum absolute atomic E-state index is 0.223. The molecular weight excluding hydrogens is 348 g/mol. The van der Waals surface area contributed by atoms with Crippen LogP contribution in [0.5, 0.6) is 0 Å². The fraction of sp³-hybridized carbons (Fsp3) is 0.846. The molecule has 0 spiro atoms. The van der Waals surface area contributed by atoms with Crippen molar-refractivity contribution in [2.24, 2.45) is 11.8 Å². The molecule has 0 saturated carbocycles. The normalized spacial score (nSPS) is 39.6. The molecule has 2 fully saturated rings. The van der Waals surface area contributed by atoms with E-state index in [4.69, 9.17) is 16.7 Å². The van der Waals surface area contributed by atoms with E-state index in [0.717, 1.165) is 0 Å². The second-order valence-corrected chi connectivity index (χ2v) is 8.19. The lowest BCUT2D eigenvalue weighted by molar-refractivity contribution is -0.0622. The molecule has 0 aromatic rings. The first-order valence-electron chi connectivity index (χ1n) is 7.48. The number of hydrogen-bond donors (Lipinski definition) is 0. The standard InChI is InChI=1S/C13H22O8S2/c1-5-10-7-12(20-22(14,15)18-10)9(4)13-8(3)11(6-2)19-23(16,17)21-13/h5,8-9,11-13H,6-7H2,1-4H3/b10-5+. The Labute approximate surface area is 137 Å². The molecule has 134 valence electrons. The van der Waals surface area contributed by atoms with E-state index in [1.54, 1.807) is 19.9 Å². The van der Waals surface area contributed by atoms with Gasteiger partial charge < -0.3 is 4.18 Å². The molecule has 0 amide bonds. The molecule has 0 radical (unpaired) electrons. The molecule has 0 bridgehead atoms. The van der Waals surface area contributed by atoms with E-state index in [1.165, 1.54) is 0 Å². The van der Waals surface area contributed by atoms with Crippen LogP contribution in [-0.4, -0.2) is 35.1 Å². The Morgan fingerprint density at radius 1 is 1.17 bits per heavy atom. The molecule has 2 aliphatic rings. The molecule has 23 heavy (non-hydrogen) atoms. The first kappa shape index (κ1) is 18.7. The van der Waals surface area contributed by atoms with Crippen LogP contribution < -0.4 is 0 Å². The monoisotopic (exact) mass is 370 g/mol. The Kier molecular flexibility index (Phi) is 5.41. The molecule has 0 aromatic carbocycles. The summed E-state index contributed by atoms with van der Waals surface area (Å²) in [4.78, 5) is 0. The van der Waals surface area contributed by atoms with E-state index >= 15 is 0 Å². The van der Waals surface area contributed by atoms with Crippen LogP contribution in [0.15, 0.2) is 11.8 Å². The summed E-state index contributed by atoms with van der Waals surface area (Å²) in [5, 5.41) is 0. The van der Waals surface area contributed by atoms with Gasteiger partial charge in [-0.3, -0.25) is 0 Å². The molecular formula is C13H22O8S2. The third-order valence-corrected chi connectivity index (χ3v) is 6.10. The van der Waals surface area contributed by atoms with Gasteiger partial charge in [-0.25, -0.2) is 12.5 Å². The van der Waals surface area contributed by atoms with Crippen LogP contribution >= 0.6 is 0 Å². The number of allylic oxidation sites excluding steroid dienone is 1. The highest BCUT2D eigenvalue weighted by atomic mass is 32.3. The van der Waals surface area contributed by atoms with Crippen LogP contribution in [0, 0.1) is 11.8 Å². The molecule has 0 N–H and O–H groups in total. The van der Waals surface area contributed by atoms with E-state index in [-0.39, 0.29) is 18.1 Å². The van der Waals surface area contributed by atoms with Gasteiger partial charge in [-0.15, -0.1) is 0 Å². The van der Waals surface area contributed by atoms with Gasteiger partial charge >= 0.3 is 20.8 Å². The Morgan fingerprint density at radius 3 is 2.39 bits per heavy atom. The molecule has 5 atom stereocenters. The molecule has 10 heteroatoms. The predicted octanol–water partition coefficient (Wildman–Crippen LogP) is 1.65. The van der Waals surface area contributed by atoms with Crippen molar-refractivity contribution in [2.75, 3.05) is 0 Å². The van der Waals surface area contributed by atoms with E-state index < -0.39 is 45.0 Å². The fourth-order valence-corrected chi connectivity index (χ4v) is 5.22. The quantitative estimate of drug-likeness (QED) is 0.738. The van der Waals surface area contributed by atoms with Crippen LogP contribution in [0.1, 0.15) is 40.5 Å². The Morgan fingerprint density at radius 2 is 1.83 bits per heavy atom. The maximum absolute atomic E-state index is 11.8. The lowest BCUT2D eigenvalue weighted by Gasteiger charge is -2.40. The van der Waals surface area contributed by atoms with Gasteiger partial charge in [0.2, 0.25) is 0 Å². The highest BCUT2D eigenvalue weighted by molar-refractivity contribution is 7.82. The number of rotatable bonds is 3. The molecule has 2 rings (SSSR count). The summed E-state index contributed by atoms with van der Waals surface area (Å²) in [5.74, 6) is -0.462. The van der Waals surface area contributed by atoms with Crippen molar-refractivity contribution in [1.29, 1.82) is 0 Å². The Balaban J connectivity index is 2.25. The summed E-state index contributed by atoms with van der Waals surface area (Å²) < 4.78 is 66.7. The topological polar surface area (TPSA) is 105 Å². The summed E-state index contributed by atoms with van der Waals surface area (Å²) in [6.45, 7) is 6.99. The van der Waals surface area contributed by atoms with E-state index in [1.807, 2.05) is 13.8 Å². The van der Waals surface area contributed by atoms with Crippen LogP contribution in [-0.2, 0) is 37.5 Å². The lowest BCUT2D eigenvalue weighted by Crippen LogP contribution is -2.49. The second kappa shape index (κ2) is 6.67. The third-order valence-electron chi connectivity index (χ3n) is 4.26. The first-order chi connectivity index (χ1) is 10.6.